The summed E-state index contributed by atoms with van der Waals surface area (Å²) < 4.78 is 0. The zero-order chi connectivity index (χ0) is 48.4. The van der Waals surface area contributed by atoms with Crippen molar-refractivity contribution in [2.45, 2.75) is 37.5 Å². The molecule has 0 atom stereocenters. The van der Waals surface area contributed by atoms with Crippen molar-refractivity contribution in [2.75, 3.05) is 16.3 Å². The number of benzene rings is 12. The average Bonchev–Trinajstić information content (AvgIpc) is 3.74. The van der Waals surface area contributed by atoms with Crippen molar-refractivity contribution in [1.82, 2.24) is 0 Å². The van der Waals surface area contributed by atoms with Crippen LogP contribution in [0, 0.1) is 0 Å². The Morgan fingerprint density at radius 3 is 1.64 bits per heavy atom. The highest BCUT2D eigenvalue weighted by Crippen LogP contribution is 2.58. The molecule has 2 heterocycles. The third-order valence-electron chi connectivity index (χ3n) is 17.0. The number of anilines is 5. The molecule has 0 N–H and O–H groups in total. The fourth-order valence-electron chi connectivity index (χ4n) is 13.7. The van der Waals surface area contributed by atoms with E-state index < -0.39 is 5.41 Å². The molecule has 3 aliphatic rings. The van der Waals surface area contributed by atoms with Crippen LogP contribution in [-0.2, 0) is 17.3 Å². The Bertz CT molecular complexity index is 4110. The number of rotatable bonds is 6. The van der Waals surface area contributed by atoms with E-state index in [0.29, 0.717) is 0 Å². The molecule has 0 unspecified atom stereocenters. The number of nitrogens with zero attached hydrogens (tertiary/aromatic N) is 2. The van der Waals surface area contributed by atoms with E-state index in [2.05, 4.69) is 266 Å². The van der Waals surface area contributed by atoms with Gasteiger partial charge in [-0.1, -0.05) is 214 Å². The van der Waals surface area contributed by atoms with Crippen LogP contribution < -0.4 is 9.80 Å². The van der Waals surface area contributed by atoms with E-state index in [9.17, 15) is 0 Å². The molecule has 0 saturated carbocycles. The van der Waals surface area contributed by atoms with Gasteiger partial charge in [0.1, 0.15) is 0 Å². The third-order valence-corrected chi connectivity index (χ3v) is 17.0. The van der Waals surface area contributed by atoms with Crippen LogP contribution in [0.15, 0.2) is 231 Å². The van der Waals surface area contributed by atoms with Crippen molar-refractivity contribution in [3.8, 4) is 11.1 Å². The molecule has 2 heteroatoms. The van der Waals surface area contributed by atoms with Crippen molar-refractivity contribution >= 4 is 83.7 Å². The van der Waals surface area contributed by atoms with Gasteiger partial charge in [-0.15, -0.1) is 0 Å². The Morgan fingerprint density at radius 2 is 0.945 bits per heavy atom. The van der Waals surface area contributed by atoms with E-state index >= 15 is 0 Å². The lowest BCUT2D eigenvalue weighted by Crippen LogP contribution is -2.30. The highest BCUT2D eigenvalue weighted by atomic mass is 15.2. The smallest absolute Gasteiger partial charge is 0.0714 e. The molecule has 346 valence electrons. The topological polar surface area (TPSA) is 6.48 Å². The normalized spacial score (nSPS) is 15.2. The molecule has 0 saturated heterocycles. The van der Waals surface area contributed by atoms with Gasteiger partial charge in [0.2, 0.25) is 0 Å². The Balaban J connectivity index is 0.870. The predicted molar refractivity (Wildman–Crippen MR) is 309 cm³/mol. The summed E-state index contributed by atoms with van der Waals surface area (Å²) in [5.41, 5.74) is 19.9. The Hall–Kier alpha value is -8.72. The Kier molecular flexibility index (Phi) is 9.14. The molecule has 0 spiro atoms. The molecular formula is C71H52N2. The van der Waals surface area contributed by atoms with Crippen LogP contribution in [0.5, 0.6) is 0 Å². The molecule has 0 amide bonds. The summed E-state index contributed by atoms with van der Waals surface area (Å²) in [5.74, 6) is 0. The molecule has 2 nitrogen and oxygen atoms in total. The van der Waals surface area contributed by atoms with Gasteiger partial charge in [0.25, 0.3) is 0 Å². The number of fused-ring (bicyclic) bond motifs is 8. The minimum absolute atomic E-state index is 0.121. The van der Waals surface area contributed by atoms with Gasteiger partial charge in [-0.05, 0) is 154 Å². The van der Waals surface area contributed by atoms with Gasteiger partial charge in [0, 0.05) is 28.7 Å². The number of hydrogen-bond acceptors (Lipinski definition) is 2. The quantitative estimate of drug-likeness (QED) is 0.0931. The SMILES string of the molecule is CC1(C)c2ccccc2N(c2ccc3c4cccc5c(/C=C/c6ccc7c(c6)C(c6ccccc6)(c6ccccc6)c6cc(N8CCCc9ccccc98)ccc6-7)ccc(c6cccc2c63)c54)c2ccccc21. The van der Waals surface area contributed by atoms with Crippen molar-refractivity contribution in [3.63, 3.8) is 0 Å². The van der Waals surface area contributed by atoms with Crippen LogP contribution in [0.4, 0.5) is 28.4 Å². The van der Waals surface area contributed by atoms with Crippen molar-refractivity contribution in [2.24, 2.45) is 0 Å². The first-order valence-electron chi connectivity index (χ1n) is 26.0. The maximum Gasteiger partial charge on any atom is 0.0714 e. The summed E-state index contributed by atoms with van der Waals surface area (Å²) in [4.78, 5) is 5.05. The first-order valence-corrected chi connectivity index (χ1v) is 26.0. The predicted octanol–water partition coefficient (Wildman–Crippen LogP) is 18.5. The summed E-state index contributed by atoms with van der Waals surface area (Å²) in [5, 5.41) is 10.3. The summed E-state index contributed by atoms with van der Waals surface area (Å²) in [6, 6.07) is 87.0. The maximum absolute atomic E-state index is 2.54. The molecule has 73 heavy (non-hydrogen) atoms. The first kappa shape index (κ1) is 42.0. The summed E-state index contributed by atoms with van der Waals surface area (Å²) >= 11 is 0. The zero-order valence-electron chi connectivity index (χ0n) is 41.1. The van der Waals surface area contributed by atoms with Gasteiger partial charge in [-0.25, -0.2) is 0 Å². The fourth-order valence-corrected chi connectivity index (χ4v) is 13.7. The van der Waals surface area contributed by atoms with Crippen molar-refractivity contribution in [3.05, 3.63) is 281 Å². The maximum atomic E-state index is 2.54. The minimum Gasteiger partial charge on any atom is -0.341 e. The lowest BCUT2D eigenvalue weighted by atomic mass is 9.67. The highest BCUT2D eigenvalue weighted by Gasteiger charge is 2.47. The fraction of sp³-hybridized carbons (Fsp3) is 0.0986. The monoisotopic (exact) mass is 932 g/mol. The van der Waals surface area contributed by atoms with Gasteiger partial charge in [-0.2, -0.15) is 0 Å². The number of para-hydroxylation sites is 3. The van der Waals surface area contributed by atoms with E-state index in [1.165, 1.54) is 133 Å². The molecule has 0 radical (unpaired) electrons. The van der Waals surface area contributed by atoms with Gasteiger partial charge in [0.15, 0.2) is 0 Å². The van der Waals surface area contributed by atoms with Crippen LogP contribution in [-0.4, -0.2) is 6.54 Å². The molecule has 12 aromatic carbocycles. The Morgan fingerprint density at radius 1 is 0.397 bits per heavy atom. The summed E-state index contributed by atoms with van der Waals surface area (Å²) in [7, 11) is 0. The molecule has 1 aliphatic carbocycles. The average molecular weight is 933 g/mol. The third kappa shape index (κ3) is 5.98. The highest BCUT2D eigenvalue weighted by molar-refractivity contribution is 6.35. The largest absolute Gasteiger partial charge is 0.341 e. The van der Waals surface area contributed by atoms with Gasteiger partial charge in [0.05, 0.1) is 22.5 Å². The minimum atomic E-state index is -0.520. The van der Waals surface area contributed by atoms with E-state index in [-0.39, 0.29) is 5.41 Å². The van der Waals surface area contributed by atoms with Crippen LogP contribution in [0.3, 0.4) is 0 Å². The molecule has 12 aromatic rings. The van der Waals surface area contributed by atoms with E-state index in [4.69, 9.17) is 0 Å². The molecule has 0 aromatic heterocycles. The molecule has 2 aliphatic heterocycles. The van der Waals surface area contributed by atoms with Crippen LogP contribution >= 0.6 is 0 Å². The van der Waals surface area contributed by atoms with Crippen molar-refractivity contribution < 1.29 is 0 Å². The van der Waals surface area contributed by atoms with Gasteiger partial charge < -0.3 is 9.80 Å². The summed E-state index contributed by atoms with van der Waals surface area (Å²) in [6.45, 7) is 5.72. The van der Waals surface area contributed by atoms with Gasteiger partial charge in [-0.3, -0.25) is 0 Å². The lowest BCUT2D eigenvalue weighted by Gasteiger charge is -2.42. The molecule has 0 fully saturated rings. The standard InChI is InChI=1S/C71H52N2/c1-70(2)60-28-10-13-31-66(60)73(67-32-14-11-29-61(67)70)65-42-41-58-55-25-15-24-52-47(36-39-57(68(52)55)56-26-16-27-59(65)69(56)58)35-33-46-34-38-53-54-40-37-51(72-43-17-19-48-18-9-12-30-64(48)72)45-63(54)71(62(53)44-46,49-20-5-3-6-21-49)50-22-7-4-8-23-50/h3-16,18,20-42,44-45H,17,19,43H2,1-2H3/b35-33+. The first-order chi connectivity index (χ1) is 36.0. The Labute approximate surface area is 427 Å². The molecular weight excluding hydrogens is 881 g/mol. The molecule has 15 rings (SSSR count). The van der Waals surface area contributed by atoms with Crippen molar-refractivity contribution in [1.29, 1.82) is 0 Å². The van der Waals surface area contributed by atoms with E-state index in [0.717, 1.165) is 19.4 Å². The second-order valence-corrected chi connectivity index (χ2v) is 21.0. The van der Waals surface area contributed by atoms with Crippen LogP contribution in [0.2, 0.25) is 0 Å². The second kappa shape index (κ2) is 15.9. The van der Waals surface area contributed by atoms with Crippen LogP contribution in [0.25, 0.3) is 66.4 Å². The van der Waals surface area contributed by atoms with E-state index in [1.54, 1.807) is 0 Å². The van der Waals surface area contributed by atoms with Crippen LogP contribution in [0.1, 0.15) is 70.3 Å². The number of aryl methyl sites for hydroxylation is 1. The molecule has 0 bridgehead atoms. The second-order valence-electron chi connectivity index (χ2n) is 21.0. The van der Waals surface area contributed by atoms with Gasteiger partial charge >= 0.3 is 0 Å². The lowest BCUT2D eigenvalue weighted by molar-refractivity contribution is 0.632. The summed E-state index contributed by atoms with van der Waals surface area (Å²) in [6.07, 6.45) is 6.94. The number of hydrogen-bond donors (Lipinski definition) is 0. The van der Waals surface area contributed by atoms with E-state index in [1.807, 2.05) is 0 Å². The zero-order valence-corrected chi connectivity index (χ0v) is 41.1.